The number of oxime groups is 1. The van der Waals surface area contributed by atoms with Gasteiger partial charge in [-0.05, 0) is 10.3 Å². The first-order valence-electron chi connectivity index (χ1n) is 4.18. The van der Waals surface area contributed by atoms with Crippen molar-refractivity contribution in [2.45, 2.75) is 5.03 Å². The fraction of sp³-hybridized carbons (Fsp3) is 0.400. The van der Waals surface area contributed by atoms with Crippen LogP contribution in [-0.4, -0.2) is 42.8 Å². The number of hydrogen-bond acceptors (Lipinski definition) is 10. The van der Waals surface area contributed by atoms with E-state index in [9.17, 15) is 0 Å². The van der Waals surface area contributed by atoms with Crippen LogP contribution >= 0.6 is 22.7 Å². The van der Waals surface area contributed by atoms with Gasteiger partial charge in [-0.15, -0.1) is 0 Å². The van der Waals surface area contributed by atoms with E-state index < -0.39 is 11.0 Å². The first-order chi connectivity index (χ1) is 7.94. The summed E-state index contributed by atoms with van der Waals surface area (Å²) >= 11 is 1.17. The maximum absolute atomic E-state index is 8.83. The second-order valence-electron chi connectivity index (χ2n) is 2.74. The molecule has 12 heteroatoms. The maximum Gasteiger partial charge on any atom is 0.195 e. The molecule has 8 N–H and O–H groups in total. The van der Waals surface area contributed by atoms with Crippen LogP contribution in [0.25, 0.3) is 0 Å². The fourth-order valence-electron chi connectivity index (χ4n) is 0.819. The summed E-state index contributed by atoms with van der Waals surface area (Å²) in [6.45, 7) is 0.228. The summed E-state index contributed by atoms with van der Waals surface area (Å²) in [6, 6.07) is 0. The molecule has 0 radical (unpaired) electrons. The molecule has 0 unspecified atom stereocenters. The largest absolute Gasteiger partial charge is 0.409 e. The molecule has 0 amide bonds. The van der Waals surface area contributed by atoms with Crippen molar-refractivity contribution in [3.8, 4) is 0 Å². The molecule has 1 rings (SSSR count). The van der Waals surface area contributed by atoms with E-state index in [4.69, 9.17) is 25.2 Å². The van der Waals surface area contributed by atoms with Crippen LogP contribution in [0, 0.1) is 0 Å². The molecule has 0 bridgehead atoms. The minimum atomic E-state index is -3.21. The molecular formula is C5H12N6O4S2. The summed E-state index contributed by atoms with van der Waals surface area (Å²) < 4.78 is 24.4. The van der Waals surface area contributed by atoms with E-state index in [0.29, 0.717) is 10.8 Å². The third kappa shape index (κ3) is 4.76. The number of rotatable bonds is 6. The number of nitrogens with two attached hydrogens (primary N) is 2. The van der Waals surface area contributed by atoms with Gasteiger partial charge in [-0.2, -0.15) is 0 Å². The molecular weight excluding hydrogens is 272 g/mol. The van der Waals surface area contributed by atoms with Crippen LogP contribution in [0.15, 0.2) is 14.8 Å². The molecule has 1 aromatic heterocycles. The Kier molecular flexibility index (Phi) is 4.98. The van der Waals surface area contributed by atoms with Crippen molar-refractivity contribution >= 4 is 28.6 Å². The Labute approximate surface area is 102 Å². The lowest BCUT2D eigenvalue weighted by Gasteiger charge is -2.26. The summed E-state index contributed by atoms with van der Waals surface area (Å²) in [6.07, 6.45) is 0. The highest BCUT2D eigenvalue weighted by Gasteiger charge is 2.14. The van der Waals surface area contributed by atoms with E-state index in [0.717, 1.165) is 0 Å². The molecule has 10 nitrogen and oxygen atoms in total. The Bertz CT molecular complexity index is 390. The molecule has 1 heterocycles. The molecule has 0 aliphatic heterocycles. The SMILES string of the molecule is N/C(=N\O)c1nonc1SCCNS(N)(O)O. The number of amidine groups is 1. The van der Waals surface area contributed by atoms with Gasteiger partial charge in [0, 0.05) is 12.3 Å². The second-order valence-corrected chi connectivity index (χ2v) is 5.30. The quantitative estimate of drug-likeness (QED) is 0.0985. The van der Waals surface area contributed by atoms with Gasteiger partial charge in [-0.3, -0.25) is 9.11 Å². The van der Waals surface area contributed by atoms with Crippen LogP contribution in [0.5, 0.6) is 0 Å². The lowest BCUT2D eigenvalue weighted by Crippen LogP contribution is -2.28. The number of thioether (sulfide) groups is 1. The zero-order chi connectivity index (χ0) is 12.9. The third-order valence-corrected chi connectivity index (χ3v) is 3.04. The highest BCUT2D eigenvalue weighted by Crippen LogP contribution is 2.22. The number of hydrogen-bond donors (Lipinski definition) is 6. The third-order valence-electron chi connectivity index (χ3n) is 1.46. The van der Waals surface area contributed by atoms with Crippen molar-refractivity contribution in [2.24, 2.45) is 16.0 Å². The van der Waals surface area contributed by atoms with Gasteiger partial charge in [0.2, 0.25) is 0 Å². The van der Waals surface area contributed by atoms with Crippen molar-refractivity contribution in [3.63, 3.8) is 0 Å². The zero-order valence-electron chi connectivity index (χ0n) is 8.48. The number of aromatic nitrogens is 2. The zero-order valence-corrected chi connectivity index (χ0v) is 10.1. The minimum Gasteiger partial charge on any atom is -0.409 e. The smallest absolute Gasteiger partial charge is 0.195 e. The summed E-state index contributed by atoms with van der Waals surface area (Å²) in [5, 5.41) is 23.5. The summed E-state index contributed by atoms with van der Waals surface area (Å²) in [7, 11) is -3.21. The normalized spacial score (nSPS) is 13.9. The maximum atomic E-state index is 8.83. The standard InChI is InChI=1S/C5H12N6O4S2/c6-4(9-12)3-5(11-15-10-3)16-2-1-8-17(7,13)14/h8,12-14H,1-2,7H2,(H2,6,9). The van der Waals surface area contributed by atoms with Crippen LogP contribution in [0.3, 0.4) is 0 Å². The van der Waals surface area contributed by atoms with Gasteiger partial charge in [0.05, 0.1) is 0 Å². The van der Waals surface area contributed by atoms with Crippen molar-refractivity contribution in [3.05, 3.63) is 5.69 Å². The van der Waals surface area contributed by atoms with E-state index >= 15 is 0 Å². The average Bonchev–Trinajstić information content (AvgIpc) is 2.70. The van der Waals surface area contributed by atoms with Crippen LogP contribution in [0.1, 0.15) is 5.69 Å². The molecule has 0 aromatic carbocycles. The topological polar surface area (TPSA) is 176 Å². The summed E-state index contributed by atoms with van der Waals surface area (Å²) in [4.78, 5) is 0. The molecule has 0 spiro atoms. The Morgan fingerprint density at radius 2 is 2.24 bits per heavy atom. The molecule has 17 heavy (non-hydrogen) atoms. The summed E-state index contributed by atoms with van der Waals surface area (Å²) in [5.41, 5.74) is 5.45. The first-order valence-corrected chi connectivity index (χ1v) is 6.77. The number of nitrogens with one attached hydrogen (secondary N) is 1. The predicted octanol–water partition coefficient (Wildman–Crippen LogP) is -0.615. The second kappa shape index (κ2) is 6.04. The van der Waals surface area contributed by atoms with Gasteiger partial charge in [-0.1, -0.05) is 27.9 Å². The van der Waals surface area contributed by atoms with E-state index in [1.54, 1.807) is 0 Å². The average molecular weight is 284 g/mol. The van der Waals surface area contributed by atoms with E-state index in [2.05, 4.69) is 24.8 Å². The van der Waals surface area contributed by atoms with Gasteiger partial charge in [0.1, 0.15) is 0 Å². The van der Waals surface area contributed by atoms with Gasteiger partial charge < -0.3 is 10.9 Å². The minimum absolute atomic E-state index is 0.122. The van der Waals surface area contributed by atoms with Crippen LogP contribution in [-0.2, 0) is 0 Å². The highest BCUT2D eigenvalue weighted by molar-refractivity contribution is 8.20. The van der Waals surface area contributed by atoms with Gasteiger partial charge in [0.25, 0.3) is 0 Å². The van der Waals surface area contributed by atoms with Crippen LogP contribution in [0.2, 0.25) is 0 Å². The Morgan fingerprint density at radius 1 is 1.53 bits per heavy atom. The lowest BCUT2D eigenvalue weighted by molar-refractivity contribution is 0.296. The Hall–Kier alpha value is -1.05. The lowest BCUT2D eigenvalue weighted by atomic mass is 10.4. The predicted molar refractivity (Wildman–Crippen MR) is 62.6 cm³/mol. The van der Waals surface area contributed by atoms with Crippen LogP contribution in [0.4, 0.5) is 0 Å². The molecule has 0 atom stereocenters. The van der Waals surface area contributed by atoms with Gasteiger partial charge >= 0.3 is 0 Å². The van der Waals surface area contributed by atoms with E-state index in [-0.39, 0.29) is 18.1 Å². The number of nitrogens with zero attached hydrogens (tertiary/aromatic N) is 3. The fourth-order valence-corrected chi connectivity index (χ4v) is 2.11. The monoisotopic (exact) mass is 284 g/mol. The van der Waals surface area contributed by atoms with Crippen molar-refractivity contribution in [2.75, 3.05) is 12.3 Å². The van der Waals surface area contributed by atoms with Gasteiger partial charge in [-0.25, -0.2) is 14.5 Å². The molecule has 1 aromatic rings. The highest BCUT2D eigenvalue weighted by atomic mass is 32.3. The van der Waals surface area contributed by atoms with E-state index in [1.165, 1.54) is 11.8 Å². The Morgan fingerprint density at radius 3 is 2.82 bits per heavy atom. The van der Waals surface area contributed by atoms with Crippen molar-refractivity contribution < 1.29 is 18.9 Å². The molecule has 0 saturated heterocycles. The Balaban J connectivity index is 2.45. The van der Waals surface area contributed by atoms with Crippen molar-refractivity contribution in [1.82, 2.24) is 15.0 Å². The first kappa shape index (κ1) is 14.0. The van der Waals surface area contributed by atoms with Crippen molar-refractivity contribution in [1.29, 1.82) is 0 Å². The molecule has 0 saturated carbocycles. The molecule has 0 fully saturated rings. The molecule has 98 valence electrons. The molecule has 0 aliphatic rings. The summed E-state index contributed by atoms with van der Waals surface area (Å²) in [5.74, 6) is 0.192. The van der Waals surface area contributed by atoms with E-state index in [1.807, 2.05) is 0 Å². The van der Waals surface area contributed by atoms with Gasteiger partial charge in [0.15, 0.2) is 16.6 Å². The molecule has 0 aliphatic carbocycles. The van der Waals surface area contributed by atoms with Crippen LogP contribution < -0.4 is 15.6 Å².